The lowest BCUT2D eigenvalue weighted by Crippen LogP contribution is -2.29. The molecule has 9 heteroatoms. The maximum absolute atomic E-state index is 13.1. The number of amides is 1. The number of nitrogens with one attached hydrogen (secondary N) is 1. The molecule has 0 bridgehead atoms. The van der Waals surface area contributed by atoms with E-state index in [4.69, 9.17) is 0 Å². The second-order valence-electron chi connectivity index (χ2n) is 8.34. The van der Waals surface area contributed by atoms with Crippen molar-refractivity contribution in [2.24, 2.45) is 11.3 Å². The number of nitrogens with zero attached hydrogens (tertiary/aromatic N) is 4. The lowest BCUT2D eigenvalue weighted by molar-refractivity contribution is -0.116. The van der Waals surface area contributed by atoms with E-state index in [9.17, 15) is 9.59 Å². The molecule has 4 rings (SSSR count). The molecule has 0 saturated carbocycles. The van der Waals surface area contributed by atoms with Gasteiger partial charge in [0.2, 0.25) is 11.0 Å². The van der Waals surface area contributed by atoms with Crippen molar-refractivity contribution < 1.29 is 4.79 Å². The van der Waals surface area contributed by atoms with Gasteiger partial charge < -0.3 is 0 Å². The Morgan fingerprint density at radius 1 is 1.32 bits per heavy atom. The Labute approximate surface area is 170 Å². The van der Waals surface area contributed by atoms with Gasteiger partial charge in [-0.3, -0.25) is 19.5 Å². The van der Waals surface area contributed by atoms with Gasteiger partial charge in [-0.05, 0) is 43.1 Å². The topological polar surface area (TPSA) is 89.8 Å². The van der Waals surface area contributed by atoms with Crippen LogP contribution in [0.15, 0.2) is 11.1 Å². The smallest absolute Gasteiger partial charge is 0.262 e. The van der Waals surface area contributed by atoms with Crippen LogP contribution in [-0.2, 0) is 24.2 Å². The molecule has 148 valence electrons. The van der Waals surface area contributed by atoms with E-state index >= 15 is 0 Å². The second kappa shape index (κ2) is 7.04. The molecule has 3 heterocycles. The first-order valence-corrected chi connectivity index (χ1v) is 11.0. The first-order chi connectivity index (χ1) is 13.2. The number of aromatic nitrogens is 4. The third-order valence-corrected chi connectivity index (χ3v) is 7.26. The van der Waals surface area contributed by atoms with Gasteiger partial charge in [-0.2, -0.15) is 0 Å². The Kier molecular flexibility index (Phi) is 4.83. The summed E-state index contributed by atoms with van der Waals surface area (Å²) >= 11 is 2.93. The Morgan fingerprint density at radius 2 is 2.11 bits per heavy atom. The average molecular weight is 418 g/mol. The highest BCUT2D eigenvalue weighted by atomic mass is 32.1. The van der Waals surface area contributed by atoms with E-state index in [1.165, 1.54) is 27.1 Å². The molecule has 0 saturated heterocycles. The lowest BCUT2D eigenvalue weighted by Gasteiger charge is -2.33. The summed E-state index contributed by atoms with van der Waals surface area (Å²) in [5.41, 5.74) is 1.25. The maximum Gasteiger partial charge on any atom is 0.262 e. The number of aryl methyl sites for hydroxylation is 2. The van der Waals surface area contributed by atoms with Crippen LogP contribution < -0.4 is 10.9 Å². The predicted octanol–water partition coefficient (Wildman–Crippen LogP) is 3.41. The summed E-state index contributed by atoms with van der Waals surface area (Å²) in [7, 11) is 0. The largest absolute Gasteiger partial charge is 0.299 e. The lowest BCUT2D eigenvalue weighted by atomic mass is 9.72. The van der Waals surface area contributed by atoms with Crippen molar-refractivity contribution in [3.63, 3.8) is 0 Å². The van der Waals surface area contributed by atoms with E-state index < -0.39 is 0 Å². The van der Waals surface area contributed by atoms with Gasteiger partial charge in [0.25, 0.3) is 5.56 Å². The fourth-order valence-electron chi connectivity index (χ4n) is 3.71. The molecule has 0 aliphatic heterocycles. The van der Waals surface area contributed by atoms with Crippen molar-refractivity contribution in [1.82, 2.24) is 19.7 Å². The third-order valence-electron chi connectivity index (χ3n) is 5.35. The number of carbonyl (C=O) groups is 1. The molecule has 0 fully saturated rings. The summed E-state index contributed by atoms with van der Waals surface area (Å²) in [6, 6.07) is 0. The van der Waals surface area contributed by atoms with Crippen LogP contribution in [0.2, 0.25) is 0 Å². The van der Waals surface area contributed by atoms with Gasteiger partial charge in [0.05, 0.1) is 11.7 Å². The number of hydrogen-bond donors (Lipinski definition) is 1. The van der Waals surface area contributed by atoms with Crippen LogP contribution in [0.5, 0.6) is 0 Å². The standard InChI is InChI=1S/C19H23N5O2S2/c1-10-22-23-18(27-10)21-14(25)8-24-9-20-16-15(17(24)26)12-6-5-11(19(2,3)4)7-13(12)28-16/h9,11H,5-8H2,1-4H3,(H,21,23,25). The fraction of sp³-hybridized carbons (Fsp3) is 0.526. The quantitative estimate of drug-likeness (QED) is 0.705. The number of carbonyl (C=O) groups excluding carboxylic acids is 1. The third kappa shape index (κ3) is 3.60. The molecule has 1 atom stereocenters. The number of fused-ring (bicyclic) bond motifs is 3. The summed E-state index contributed by atoms with van der Waals surface area (Å²) in [6.45, 7) is 8.56. The number of anilines is 1. The van der Waals surface area contributed by atoms with Crippen LogP contribution in [0.25, 0.3) is 10.2 Å². The van der Waals surface area contributed by atoms with Gasteiger partial charge in [-0.15, -0.1) is 21.5 Å². The summed E-state index contributed by atoms with van der Waals surface area (Å²) in [6.07, 6.45) is 4.44. The zero-order valence-corrected chi connectivity index (χ0v) is 18.0. The van der Waals surface area contributed by atoms with E-state index in [0.717, 1.165) is 34.7 Å². The predicted molar refractivity (Wildman–Crippen MR) is 112 cm³/mol. The van der Waals surface area contributed by atoms with Crippen molar-refractivity contribution in [1.29, 1.82) is 0 Å². The Morgan fingerprint density at radius 3 is 2.79 bits per heavy atom. The molecule has 1 unspecified atom stereocenters. The molecule has 0 spiro atoms. The van der Waals surface area contributed by atoms with Gasteiger partial charge in [-0.1, -0.05) is 32.1 Å². The van der Waals surface area contributed by atoms with Crippen molar-refractivity contribution in [2.45, 2.75) is 53.5 Å². The highest BCUT2D eigenvalue weighted by Crippen LogP contribution is 2.41. The molecule has 1 N–H and O–H groups in total. The molecule has 3 aromatic heterocycles. The average Bonchev–Trinajstić information content (AvgIpc) is 3.19. The molecule has 1 aliphatic carbocycles. The van der Waals surface area contributed by atoms with E-state index in [-0.39, 0.29) is 23.4 Å². The zero-order chi connectivity index (χ0) is 20.1. The summed E-state index contributed by atoms with van der Waals surface area (Å²) in [5, 5.41) is 12.3. The Hall–Kier alpha value is -2.13. The molecule has 7 nitrogen and oxygen atoms in total. The minimum absolute atomic E-state index is 0.0877. The van der Waals surface area contributed by atoms with E-state index in [1.54, 1.807) is 11.3 Å². The maximum atomic E-state index is 13.1. The fourth-order valence-corrected chi connectivity index (χ4v) is 5.58. The van der Waals surface area contributed by atoms with Crippen molar-refractivity contribution >= 4 is 43.9 Å². The minimum Gasteiger partial charge on any atom is -0.299 e. The van der Waals surface area contributed by atoms with Crippen LogP contribution in [0.3, 0.4) is 0 Å². The van der Waals surface area contributed by atoms with Crippen LogP contribution in [0.1, 0.15) is 42.6 Å². The molecular formula is C19H23N5O2S2. The minimum atomic E-state index is -0.309. The van der Waals surface area contributed by atoms with E-state index in [1.807, 2.05) is 6.92 Å². The van der Waals surface area contributed by atoms with Gasteiger partial charge in [0.1, 0.15) is 16.4 Å². The molecule has 0 radical (unpaired) electrons. The van der Waals surface area contributed by atoms with Crippen molar-refractivity contribution in [2.75, 3.05) is 5.32 Å². The molecule has 1 amide bonds. The van der Waals surface area contributed by atoms with Crippen LogP contribution in [0, 0.1) is 18.3 Å². The second-order valence-corrected chi connectivity index (χ2v) is 10.6. The number of hydrogen-bond acceptors (Lipinski definition) is 7. The van der Waals surface area contributed by atoms with Gasteiger partial charge in [-0.25, -0.2) is 4.98 Å². The highest BCUT2D eigenvalue weighted by molar-refractivity contribution is 7.18. The van der Waals surface area contributed by atoms with Crippen molar-refractivity contribution in [3.8, 4) is 0 Å². The molecule has 28 heavy (non-hydrogen) atoms. The van der Waals surface area contributed by atoms with Gasteiger partial charge in [0, 0.05) is 4.88 Å². The SMILES string of the molecule is Cc1nnc(NC(=O)Cn2cnc3sc4c(c3c2=O)CCC(C(C)(C)C)C4)s1. The van der Waals surface area contributed by atoms with Crippen molar-refractivity contribution in [3.05, 3.63) is 32.1 Å². The van der Waals surface area contributed by atoms with Gasteiger partial charge in [0.15, 0.2) is 0 Å². The van der Waals surface area contributed by atoms with E-state index in [0.29, 0.717) is 16.4 Å². The Balaban J connectivity index is 1.61. The molecule has 0 aromatic carbocycles. The van der Waals surface area contributed by atoms with Crippen LogP contribution in [0.4, 0.5) is 5.13 Å². The first-order valence-electron chi connectivity index (χ1n) is 9.32. The molecule has 3 aromatic rings. The zero-order valence-electron chi connectivity index (χ0n) is 16.4. The van der Waals surface area contributed by atoms with Gasteiger partial charge >= 0.3 is 0 Å². The summed E-state index contributed by atoms with van der Waals surface area (Å²) in [5.74, 6) is 0.299. The summed E-state index contributed by atoms with van der Waals surface area (Å²) in [4.78, 5) is 31.9. The monoisotopic (exact) mass is 417 g/mol. The number of rotatable bonds is 3. The Bertz CT molecular complexity index is 1110. The molecular weight excluding hydrogens is 394 g/mol. The number of thiophene rings is 1. The van der Waals surface area contributed by atoms with E-state index in [2.05, 4.69) is 41.3 Å². The highest BCUT2D eigenvalue weighted by Gasteiger charge is 2.31. The molecule has 1 aliphatic rings. The van der Waals surface area contributed by atoms with Crippen LogP contribution in [-0.4, -0.2) is 25.7 Å². The first kappa shape index (κ1) is 19.2. The van der Waals surface area contributed by atoms with Crippen LogP contribution >= 0.6 is 22.7 Å². The summed E-state index contributed by atoms with van der Waals surface area (Å²) < 4.78 is 1.38. The normalized spacial score (nSPS) is 16.9.